The van der Waals surface area contributed by atoms with E-state index in [9.17, 15) is 4.79 Å². The number of hydrogen-bond acceptors (Lipinski definition) is 2. The van der Waals surface area contributed by atoms with Gasteiger partial charge >= 0.3 is 0 Å². The molecule has 1 aromatic rings. The van der Waals surface area contributed by atoms with E-state index in [4.69, 9.17) is 5.73 Å². The van der Waals surface area contributed by atoms with Crippen LogP contribution in [0.4, 0.5) is 0 Å². The SMILES string of the molecule is CC(Cc1ccc(CC2(N)CC2)cc1)C(=O)NC1CCCC1. The molecule has 3 N–H and O–H groups in total. The van der Waals surface area contributed by atoms with Crippen LogP contribution in [0.2, 0.25) is 0 Å². The number of carbonyl (C=O) groups is 1. The van der Waals surface area contributed by atoms with Crippen molar-refractivity contribution in [3.8, 4) is 0 Å². The Bertz CT molecular complexity index is 513. The highest BCUT2D eigenvalue weighted by molar-refractivity contribution is 5.78. The molecule has 2 aliphatic rings. The van der Waals surface area contributed by atoms with E-state index in [-0.39, 0.29) is 17.4 Å². The molecule has 2 saturated carbocycles. The quantitative estimate of drug-likeness (QED) is 0.848. The molecule has 120 valence electrons. The van der Waals surface area contributed by atoms with Crippen LogP contribution in [-0.4, -0.2) is 17.5 Å². The second-order valence-corrected chi connectivity index (χ2v) is 7.45. The first kappa shape index (κ1) is 15.5. The Labute approximate surface area is 133 Å². The number of amides is 1. The molecule has 3 rings (SSSR count). The third-order valence-corrected chi connectivity index (χ3v) is 5.16. The topological polar surface area (TPSA) is 55.1 Å². The van der Waals surface area contributed by atoms with E-state index in [0.29, 0.717) is 6.04 Å². The molecule has 1 atom stereocenters. The zero-order valence-corrected chi connectivity index (χ0v) is 13.6. The summed E-state index contributed by atoms with van der Waals surface area (Å²) in [7, 11) is 0. The van der Waals surface area contributed by atoms with Gasteiger partial charge in [0.25, 0.3) is 0 Å². The molecule has 0 radical (unpaired) electrons. The average Bonchev–Trinajstić information content (AvgIpc) is 3.00. The van der Waals surface area contributed by atoms with Crippen molar-refractivity contribution in [1.82, 2.24) is 5.32 Å². The zero-order chi connectivity index (χ0) is 15.6. The van der Waals surface area contributed by atoms with Crippen molar-refractivity contribution in [3.63, 3.8) is 0 Å². The molecule has 2 fully saturated rings. The van der Waals surface area contributed by atoms with Crippen LogP contribution in [0, 0.1) is 5.92 Å². The Morgan fingerprint density at radius 3 is 2.41 bits per heavy atom. The summed E-state index contributed by atoms with van der Waals surface area (Å²) >= 11 is 0. The van der Waals surface area contributed by atoms with Crippen molar-refractivity contribution in [3.05, 3.63) is 35.4 Å². The van der Waals surface area contributed by atoms with Gasteiger partial charge in [-0.1, -0.05) is 44.0 Å². The van der Waals surface area contributed by atoms with Gasteiger partial charge in [-0.25, -0.2) is 0 Å². The molecule has 0 spiro atoms. The minimum Gasteiger partial charge on any atom is -0.353 e. The maximum Gasteiger partial charge on any atom is 0.223 e. The number of nitrogens with one attached hydrogen (secondary N) is 1. The molecular weight excluding hydrogens is 272 g/mol. The minimum atomic E-state index is 0.0377. The molecule has 0 saturated heterocycles. The van der Waals surface area contributed by atoms with Gasteiger partial charge in [0.1, 0.15) is 0 Å². The van der Waals surface area contributed by atoms with Crippen LogP contribution in [0.3, 0.4) is 0 Å². The van der Waals surface area contributed by atoms with Crippen molar-refractivity contribution >= 4 is 5.91 Å². The first-order valence-corrected chi connectivity index (χ1v) is 8.71. The van der Waals surface area contributed by atoms with Crippen LogP contribution < -0.4 is 11.1 Å². The molecular formula is C19H28N2O. The monoisotopic (exact) mass is 300 g/mol. The number of nitrogens with two attached hydrogens (primary N) is 1. The summed E-state index contributed by atoms with van der Waals surface area (Å²) in [6.45, 7) is 2.03. The van der Waals surface area contributed by atoms with Crippen molar-refractivity contribution in [2.45, 2.75) is 69.9 Å². The number of rotatable bonds is 6. The maximum absolute atomic E-state index is 12.2. The summed E-state index contributed by atoms with van der Waals surface area (Å²) in [5.74, 6) is 0.241. The van der Waals surface area contributed by atoms with E-state index in [0.717, 1.165) is 38.5 Å². The lowest BCUT2D eigenvalue weighted by atomic mass is 9.97. The molecule has 2 aliphatic carbocycles. The molecule has 0 aliphatic heterocycles. The Hall–Kier alpha value is -1.35. The largest absolute Gasteiger partial charge is 0.353 e. The Balaban J connectivity index is 1.49. The highest BCUT2D eigenvalue weighted by Gasteiger charge is 2.37. The van der Waals surface area contributed by atoms with E-state index in [1.54, 1.807) is 0 Å². The fourth-order valence-corrected chi connectivity index (χ4v) is 3.40. The molecule has 0 bridgehead atoms. The smallest absolute Gasteiger partial charge is 0.223 e. The van der Waals surface area contributed by atoms with E-state index < -0.39 is 0 Å². The van der Waals surface area contributed by atoms with Crippen molar-refractivity contribution in [2.24, 2.45) is 11.7 Å². The van der Waals surface area contributed by atoms with E-state index in [2.05, 4.69) is 29.6 Å². The van der Waals surface area contributed by atoms with Crippen LogP contribution in [0.5, 0.6) is 0 Å². The van der Waals surface area contributed by atoms with Gasteiger partial charge in [0, 0.05) is 17.5 Å². The van der Waals surface area contributed by atoms with Crippen LogP contribution in [0.25, 0.3) is 0 Å². The lowest BCUT2D eigenvalue weighted by Crippen LogP contribution is -2.37. The molecule has 0 aromatic heterocycles. The van der Waals surface area contributed by atoms with Crippen LogP contribution in [0.1, 0.15) is 56.6 Å². The third-order valence-electron chi connectivity index (χ3n) is 5.16. The summed E-state index contributed by atoms with van der Waals surface area (Å²) in [5, 5.41) is 3.19. The highest BCUT2D eigenvalue weighted by atomic mass is 16.1. The molecule has 22 heavy (non-hydrogen) atoms. The van der Waals surface area contributed by atoms with Crippen molar-refractivity contribution < 1.29 is 4.79 Å². The van der Waals surface area contributed by atoms with Crippen molar-refractivity contribution in [2.75, 3.05) is 0 Å². The molecule has 3 nitrogen and oxygen atoms in total. The fourth-order valence-electron chi connectivity index (χ4n) is 3.40. The van der Waals surface area contributed by atoms with Crippen LogP contribution in [0.15, 0.2) is 24.3 Å². The first-order chi connectivity index (χ1) is 10.5. The lowest BCUT2D eigenvalue weighted by Gasteiger charge is -2.17. The Morgan fingerprint density at radius 1 is 1.23 bits per heavy atom. The van der Waals surface area contributed by atoms with E-state index in [1.165, 1.54) is 24.0 Å². The Morgan fingerprint density at radius 2 is 1.82 bits per heavy atom. The predicted molar refractivity (Wildman–Crippen MR) is 89.6 cm³/mol. The van der Waals surface area contributed by atoms with Crippen molar-refractivity contribution in [1.29, 1.82) is 0 Å². The van der Waals surface area contributed by atoms with Gasteiger partial charge in [-0.15, -0.1) is 0 Å². The van der Waals surface area contributed by atoms with Gasteiger partial charge in [0.05, 0.1) is 0 Å². The number of hydrogen-bond donors (Lipinski definition) is 2. The summed E-state index contributed by atoms with van der Waals surface area (Å²) in [4.78, 5) is 12.2. The van der Waals surface area contributed by atoms with Gasteiger partial charge in [0.15, 0.2) is 0 Å². The van der Waals surface area contributed by atoms with Gasteiger partial charge in [-0.05, 0) is 49.7 Å². The molecule has 3 heteroatoms. The summed E-state index contributed by atoms with van der Waals surface area (Å²) in [5.41, 5.74) is 8.78. The van der Waals surface area contributed by atoms with E-state index in [1.807, 2.05) is 6.92 Å². The van der Waals surface area contributed by atoms with Gasteiger partial charge < -0.3 is 11.1 Å². The predicted octanol–water partition coefficient (Wildman–Crippen LogP) is 2.96. The third kappa shape index (κ3) is 4.10. The zero-order valence-electron chi connectivity index (χ0n) is 13.6. The average molecular weight is 300 g/mol. The molecule has 0 heterocycles. The minimum absolute atomic E-state index is 0.0377. The number of carbonyl (C=O) groups excluding carboxylic acids is 1. The lowest BCUT2D eigenvalue weighted by molar-refractivity contribution is -0.125. The fraction of sp³-hybridized carbons (Fsp3) is 0.632. The highest BCUT2D eigenvalue weighted by Crippen LogP contribution is 2.35. The molecule has 1 aromatic carbocycles. The number of benzene rings is 1. The Kier molecular flexibility index (Phi) is 4.53. The first-order valence-electron chi connectivity index (χ1n) is 8.71. The second kappa shape index (κ2) is 6.41. The van der Waals surface area contributed by atoms with Gasteiger partial charge in [0.2, 0.25) is 5.91 Å². The van der Waals surface area contributed by atoms with Gasteiger partial charge in [-0.3, -0.25) is 4.79 Å². The summed E-state index contributed by atoms with van der Waals surface area (Å²) in [6, 6.07) is 9.06. The van der Waals surface area contributed by atoms with Crippen LogP contribution >= 0.6 is 0 Å². The van der Waals surface area contributed by atoms with Crippen LogP contribution in [-0.2, 0) is 17.6 Å². The second-order valence-electron chi connectivity index (χ2n) is 7.45. The summed E-state index contributed by atoms with van der Waals surface area (Å²) in [6.07, 6.45) is 8.88. The van der Waals surface area contributed by atoms with Gasteiger partial charge in [-0.2, -0.15) is 0 Å². The standard InChI is InChI=1S/C19H28N2O/c1-14(18(22)21-17-4-2-3-5-17)12-15-6-8-16(9-7-15)13-19(20)10-11-19/h6-9,14,17H,2-5,10-13,20H2,1H3,(H,21,22). The maximum atomic E-state index is 12.2. The summed E-state index contributed by atoms with van der Waals surface area (Å²) < 4.78 is 0. The molecule has 1 amide bonds. The normalized spacial score (nSPS) is 21.5. The van der Waals surface area contributed by atoms with E-state index >= 15 is 0 Å². The molecule has 1 unspecified atom stereocenters.